The lowest BCUT2D eigenvalue weighted by molar-refractivity contribution is -0.143. The fraction of sp³-hybridized carbons (Fsp3) is 0.304. The first-order valence-corrected chi connectivity index (χ1v) is 11.8. The minimum absolute atomic E-state index is 0.0973. The molecule has 0 aliphatic carbocycles. The van der Waals surface area contributed by atoms with Gasteiger partial charge in [-0.2, -0.15) is 26.3 Å². The van der Waals surface area contributed by atoms with Gasteiger partial charge in [-0.25, -0.2) is 13.1 Å². The number of hydrogen-bond donors (Lipinski definition) is 1. The molecule has 3 aromatic carbocycles. The number of rotatable bonds is 5. The Hall–Kier alpha value is -2.63. The fourth-order valence-corrected chi connectivity index (χ4v) is 5.37. The molecule has 0 spiro atoms. The van der Waals surface area contributed by atoms with Crippen LogP contribution in [0, 0.1) is 0 Å². The average molecular weight is 502 g/mol. The topological polar surface area (TPSA) is 49.4 Å². The molecule has 0 amide bonds. The maximum absolute atomic E-state index is 13.1. The third kappa shape index (κ3) is 5.53. The van der Waals surface area contributed by atoms with Gasteiger partial charge in [0.05, 0.1) is 16.0 Å². The van der Waals surface area contributed by atoms with Crippen LogP contribution in [0.15, 0.2) is 65.6 Å². The van der Waals surface area contributed by atoms with Crippen LogP contribution >= 0.6 is 0 Å². The maximum atomic E-state index is 13.1. The van der Waals surface area contributed by atoms with Crippen molar-refractivity contribution >= 4 is 20.8 Å². The van der Waals surface area contributed by atoms with Gasteiger partial charge in [0.25, 0.3) is 0 Å². The van der Waals surface area contributed by atoms with Crippen LogP contribution in [-0.2, 0) is 28.9 Å². The summed E-state index contributed by atoms with van der Waals surface area (Å²) < 4.78 is 106. The highest BCUT2D eigenvalue weighted by atomic mass is 32.2. The summed E-state index contributed by atoms with van der Waals surface area (Å²) in [5.74, 6) is 0. The van der Waals surface area contributed by atoms with Gasteiger partial charge in [-0.1, -0.05) is 36.4 Å². The van der Waals surface area contributed by atoms with E-state index in [-0.39, 0.29) is 24.7 Å². The summed E-state index contributed by atoms with van der Waals surface area (Å²) in [7, 11) is -4.61. The largest absolute Gasteiger partial charge is 0.416 e. The molecule has 1 saturated heterocycles. The molecule has 1 heterocycles. The quantitative estimate of drug-likeness (QED) is 0.474. The third-order valence-electron chi connectivity index (χ3n) is 5.69. The molecule has 4 rings (SSSR count). The van der Waals surface area contributed by atoms with Gasteiger partial charge < -0.3 is 0 Å². The van der Waals surface area contributed by atoms with Crippen LogP contribution < -0.4 is 4.72 Å². The van der Waals surface area contributed by atoms with Crippen molar-refractivity contribution in [3.8, 4) is 0 Å². The number of fused-ring (bicyclic) bond motifs is 1. The van der Waals surface area contributed by atoms with Gasteiger partial charge in [0.1, 0.15) is 0 Å². The molecule has 4 nitrogen and oxygen atoms in total. The first kappa shape index (κ1) is 24.5. The molecule has 0 bridgehead atoms. The maximum Gasteiger partial charge on any atom is 0.416 e. The third-order valence-corrected chi connectivity index (χ3v) is 7.19. The van der Waals surface area contributed by atoms with Crippen LogP contribution in [0.3, 0.4) is 0 Å². The summed E-state index contributed by atoms with van der Waals surface area (Å²) in [6.45, 7) is 1.33. The Labute approximate surface area is 192 Å². The van der Waals surface area contributed by atoms with Crippen molar-refractivity contribution in [1.82, 2.24) is 9.62 Å². The highest BCUT2D eigenvalue weighted by molar-refractivity contribution is 7.89. The molecule has 0 saturated carbocycles. The van der Waals surface area contributed by atoms with Gasteiger partial charge in [0.15, 0.2) is 0 Å². The molecule has 1 aliphatic rings. The molecule has 1 N–H and O–H groups in total. The van der Waals surface area contributed by atoms with E-state index in [0.717, 1.165) is 16.3 Å². The molecule has 1 unspecified atom stereocenters. The molecule has 0 radical (unpaired) electrons. The van der Waals surface area contributed by atoms with E-state index in [2.05, 4.69) is 4.72 Å². The van der Waals surface area contributed by atoms with E-state index in [1.54, 1.807) is 0 Å². The summed E-state index contributed by atoms with van der Waals surface area (Å²) >= 11 is 0. The van der Waals surface area contributed by atoms with Crippen LogP contribution in [0.4, 0.5) is 26.3 Å². The lowest BCUT2D eigenvalue weighted by Gasteiger charge is -2.18. The minimum Gasteiger partial charge on any atom is -0.297 e. The molecule has 34 heavy (non-hydrogen) atoms. The molecule has 182 valence electrons. The van der Waals surface area contributed by atoms with E-state index in [1.165, 1.54) is 0 Å². The summed E-state index contributed by atoms with van der Waals surface area (Å²) in [6, 6.07) is 13.5. The van der Waals surface area contributed by atoms with Gasteiger partial charge in [0, 0.05) is 25.7 Å². The number of halogens is 6. The second-order valence-electron chi connectivity index (χ2n) is 8.27. The molecule has 11 heteroatoms. The first-order chi connectivity index (χ1) is 15.8. The monoisotopic (exact) mass is 502 g/mol. The van der Waals surface area contributed by atoms with Crippen LogP contribution in [0.25, 0.3) is 10.8 Å². The standard InChI is InChI=1S/C23H20F6N2O2S/c24-22(25,26)18-10-19(23(27,28)29)12-21(11-18)34(32,33)30-20-7-8-31(14-20)13-15-5-6-16-3-1-2-4-17(16)9-15/h1-6,9-12,20,30H,7-8,13-14H2. The number of benzene rings is 3. The normalized spacial score (nSPS) is 18.0. The molecular formula is C23H20F6N2O2S. The Morgan fingerprint density at radius 1 is 0.853 bits per heavy atom. The van der Waals surface area contributed by atoms with Crippen molar-refractivity contribution in [1.29, 1.82) is 0 Å². The molecule has 3 aromatic rings. The lowest BCUT2D eigenvalue weighted by Crippen LogP contribution is -2.37. The first-order valence-electron chi connectivity index (χ1n) is 10.3. The predicted octanol–water partition coefficient (Wildman–Crippen LogP) is 5.43. The van der Waals surface area contributed by atoms with E-state index >= 15 is 0 Å². The van der Waals surface area contributed by atoms with Crippen molar-refractivity contribution in [3.63, 3.8) is 0 Å². The second kappa shape index (κ2) is 8.86. The van der Waals surface area contributed by atoms with Crippen molar-refractivity contribution in [3.05, 3.63) is 77.4 Å². The van der Waals surface area contributed by atoms with Crippen LogP contribution in [0.5, 0.6) is 0 Å². The Bertz CT molecular complexity index is 1270. The number of nitrogens with one attached hydrogen (secondary N) is 1. The highest BCUT2D eigenvalue weighted by Gasteiger charge is 2.38. The Balaban J connectivity index is 1.49. The van der Waals surface area contributed by atoms with Crippen molar-refractivity contribution < 1.29 is 34.8 Å². The zero-order valence-electron chi connectivity index (χ0n) is 17.6. The molecular weight excluding hydrogens is 482 g/mol. The van der Waals surface area contributed by atoms with Gasteiger partial charge >= 0.3 is 12.4 Å². The highest BCUT2D eigenvalue weighted by Crippen LogP contribution is 2.37. The molecule has 1 aliphatic heterocycles. The summed E-state index contributed by atoms with van der Waals surface area (Å²) in [6.07, 6.45) is -9.89. The van der Waals surface area contributed by atoms with Gasteiger partial charge in [0.2, 0.25) is 10.0 Å². The van der Waals surface area contributed by atoms with Gasteiger partial charge in [-0.05, 0) is 47.0 Å². The Kier molecular flexibility index (Phi) is 6.38. The number of hydrogen-bond acceptors (Lipinski definition) is 3. The number of alkyl halides is 6. The smallest absolute Gasteiger partial charge is 0.297 e. The van der Waals surface area contributed by atoms with E-state index < -0.39 is 44.4 Å². The zero-order chi connectivity index (χ0) is 24.7. The number of likely N-dealkylation sites (tertiary alicyclic amines) is 1. The molecule has 1 atom stereocenters. The minimum atomic E-state index is -5.13. The SMILES string of the molecule is O=S(=O)(NC1CCN(Cc2ccc3ccccc3c2)C1)c1cc(C(F)(F)F)cc(C(F)(F)F)c1. The Morgan fingerprint density at radius 2 is 1.47 bits per heavy atom. The van der Waals surface area contributed by atoms with E-state index in [1.807, 2.05) is 47.4 Å². The van der Waals surface area contributed by atoms with Crippen LogP contribution in [0.2, 0.25) is 0 Å². The van der Waals surface area contributed by atoms with E-state index in [4.69, 9.17) is 0 Å². The summed E-state index contributed by atoms with van der Waals surface area (Å²) in [5.41, 5.74) is -2.34. The summed E-state index contributed by atoms with van der Waals surface area (Å²) in [4.78, 5) is 0.910. The predicted molar refractivity (Wildman–Crippen MR) is 114 cm³/mol. The van der Waals surface area contributed by atoms with E-state index in [0.29, 0.717) is 19.5 Å². The van der Waals surface area contributed by atoms with E-state index in [9.17, 15) is 34.8 Å². The number of nitrogens with zero attached hydrogens (tertiary/aromatic N) is 1. The van der Waals surface area contributed by atoms with Crippen molar-refractivity contribution in [2.75, 3.05) is 13.1 Å². The van der Waals surface area contributed by atoms with Crippen molar-refractivity contribution in [2.45, 2.75) is 36.3 Å². The Morgan fingerprint density at radius 3 is 2.09 bits per heavy atom. The fourth-order valence-electron chi connectivity index (χ4n) is 4.04. The van der Waals surface area contributed by atoms with Gasteiger partial charge in [-0.3, -0.25) is 4.90 Å². The van der Waals surface area contributed by atoms with Crippen LogP contribution in [-0.4, -0.2) is 32.4 Å². The molecule has 0 aromatic heterocycles. The zero-order valence-corrected chi connectivity index (χ0v) is 18.4. The summed E-state index contributed by atoms with van der Waals surface area (Å²) in [5, 5.41) is 2.14. The average Bonchev–Trinajstić information content (AvgIpc) is 3.18. The molecule has 1 fully saturated rings. The lowest BCUT2D eigenvalue weighted by atomic mass is 10.1. The second-order valence-corrected chi connectivity index (χ2v) is 9.98. The van der Waals surface area contributed by atoms with Crippen molar-refractivity contribution in [2.24, 2.45) is 0 Å². The number of sulfonamides is 1. The van der Waals surface area contributed by atoms with Gasteiger partial charge in [-0.15, -0.1) is 0 Å². The van der Waals surface area contributed by atoms with Crippen LogP contribution in [0.1, 0.15) is 23.1 Å².